The summed E-state index contributed by atoms with van der Waals surface area (Å²) in [6.45, 7) is 1.60. The molecule has 0 bridgehead atoms. The van der Waals surface area contributed by atoms with Crippen molar-refractivity contribution in [3.8, 4) is 0 Å². The number of ether oxygens (including phenoxy) is 2. The topological polar surface area (TPSA) is 90.7 Å². The van der Waals surface area contributed by atoms with Crippen molar-refractivity contribution in [3.63, 3.8) is 0 Å². The van der Waals surface area contributed by atoms with Gasteiger partial charge in [-0.2, -0.15) is 13.2 Å². The Hall–Kier alpha value is -1.70. The minimum absolute atomic E-state index is 0.0245. The van der Waals surface area contributed by atoms with Gasteiger partial charge in [0.15, 0.2) is 0 Å². The van der Waals surface area contributed by atoms with E-state index in [-0.39, 0.29) is 44.9 Å². The summed E-state index contributed by atoms with van der Waals surface area (Å²) in [5.41, 5.74) is 5.20. The van der Waals surface area contributed by atoms with Crippen LogP contribution in [0.4, 0.5) is 35.1 Å². The highest BCUT2D eigenvalue weighted by atomic mass is 19.4. The number of halogens is 8. The van der Waals surface area contributed by atoms with Gasteiger partial charge in [0.2, 0.25) is 11.8 Å². The molecule has 2 amide bonds. The van der Waals surface area contributed by atoms with Crippen LogP contribution in [-0.2, 0) is 19.1 Å². The predicted octanol–water partition coefficient (Wildman–Crippen LogP) is 4.50. The molecule has 3 N–H and O–H groups in total. The lowest BCUT2D eigenvalue weighted by Gasteiger charge is -2.43. The lowest BCUT2D eigenvalue weighted by atomic mass is 9.75. The van der Waals surface area contributed by atoms with Crippen LogP contribution in [0.1, 0.15) is 58.3 Å². The van der Waals surface area contributed by atoms with E-state index in [9.17, 15) is 40.3 Å². The molecule has 10 unspecified atom stereocenters. The van der Waals surface area contributed by atoms with Gasteiger partial charge >= 0.3 is 12.5 Å². The number of carbonyl (C=O) groups excluding carboxylic acids is 2. The Labute approximate surface area is 209 Å². The van der Waals surface area contributed by atoms with Crippen molar-refractivity contribution in [2.75, 3.05) is 0 Å². The first-order chi connectivity index (χ1) is 17.1. The van der Waals surface area contributed by atoms with Crippen molar-refractivity contribution in [2.24, 2.45) is 29.4 Å². The van der Waals surface area contributed by atoms with Crippen molar-refractivity contribution >= 4 is 11.8 Å². The third-order valence-electron chi connectivity index (χ3n) is 7.78. The molecule has 3 saturated carbocycles. The number of primary amides is 1. The number of hydrogen-bond donors (Lipinski definition) is 2. The van der Waals surface area contributed by atoms with E-state index >= 15 is 4.39 Å². The normalized spacial score (nSPS) is 39.7. The van der Waals surface area contributed by atoms with Gasteiger partial charge in [-0.05, 0) is 57.3 Å². The summed E-state index contributed by atoms with van der Waals surface area (Å²) in [5, 5.41) is 2.46. The van der Waals surface area contributed by atoms with E-state index in [1.165, 1.54) is 0 Å². The van der Waals surface area contributed by atoms with Crippen molar-refractivity contribution in [3.05, 3.63) is 0 Å². The Bertz CT molecular complexity index is 811. The van der Waals surface area contributed by atoms with Crippen molar-refractivity contribution in [1.82, 2.24) is 5.32 Å². The molecule has 14 heteroatoms. The zero-order valence-corrected chi connectivity index (χ0v) is 20.2. The Morgan fingerprint density at radius 2 is 1.54 bits per heavy atom. The molecule has 0 saturated heterocycles. The lowest BCUT2D eigenvalue weighted by Crippen LogP contribution is -2.56. The van der Waals surface area contributed by atoms with Crippen LogP contribution in [0.3, 0.4) is 0 Å². The van der Waals surface area contributed by atoms with E-state index in [0.717, 1.165) is 0 Å². The highest BCUT2D eigenvalue weighted by Crippen LogP contribution is 2.44. The molecule has 0 heterocycles. The second-order valence-electron chi connectivity index (χ2n) is 10.4. The number of nitrogens with one attached hydrogen (secondary N) is 1. The largest absolute Gasteiger partial charge is 0.522 e. The first-order valence-electron chi connectivity index (χ1n) is 12.4. The van der Waals surface area contributed by atoms with Gasteiger partial charge in [-0.3, -0.25) is 14.3 Å². The number of alkyl halides is 8. The molecule has 3 fully saturated rings. The summed E-state index contributed by atoms with van der Waals surface area (Å²) in [4.78, 5) is 24.6. The van der Waals surface area contributed by atoms with Crippen molar-refractivity contribution in [2.45, 2.75) is 108 Å². The minimum atomic E-state index is -4.90. The summed E-state index contributed by atoms with van der Waals surface area (Å²) in [6.07, 6.45) is -17.9. The molecule has 0 aliphatic heterocycles. The van der Waals surface area contributed by atoms with Crippen LogP contribution in [0.15, 0.2) is 0 Å². The first kappa shape index (κ1) is 29.9. The molecule has 0 aromatic heterocycles. The Morgan fingerprint density at radius 3 is 2.11 bits per heavy atom. The van der Waals surface area contributed by atoms with Crippen LogP contribution in [-0.4, -0.2) is 61.1 Å². The van der Waals surface area contributed by atoms with E-state index in [1.807, 2.05) is 0 Å². The maximum Gasteiger partial charge on any atom is 0.522 e. The molecule has 0 spiro atoms. The minimum Gasteiger partial charge on any atom is -0.374 e. The van der Waals surface area contributed by atoms with Gasteiger partial charge in [0, 0.05) is 6.04 Å². The van der Waals surface area contributed by atoms with Crippen molar-refractivity contribution < 1.29 is 54.2 Å². The molecule has 3 aliphatic carbocycles. The average Bonchev–Trinajstić information content (AvgIpc) is 2.74. The van der Waals surface area contributed by atoms with E-state index in [4.69, 9.17) is 10.5 Å². The van der Waals surface area contributed by atoms with Crippen LogP contribution in [0, 0.1) is 23.7 Å². The van der Waals surface area contributed by atoms with Gasteiger partial charge in [-0.1, -0.05) is 6.92 Å². The maximum atomic E-state index is 15.3. The lowest BCUT2D eigenvalue weighted by molar-refractivity contribution is -0.348. The van der Waals surface area contributed by atoms with Gasteiger partial charge in [0.1, 0.15) is 12.3 Å². The van der Waals surface area contributed by atoms with Crippen LogP contribution >= 0.6 is 0 Å². The first-order valence-corrected chi connectivity index (χ1v) is 12.4. The summed E-state index contributed by atoms with van der Waals surface area (Å²) in [7, 11) is 0. The summed E-state index contributed by atoms with van der Waals surface area (Å²) >= 11 is 0. The molecular formula is C23H32F8N2O4. The monoisotopic (exact) mass is 552 g/mol. The fourth-order valence-corrected chi connectivity index (χ4v) is 5.85. The Kier molecular flexibility index (Phi) is 9.35. The van der Waals surface area contributed by atoms with Gasteiger partial charge in [-0.25, -0.2) is 8.78 Å². The molecular weight excluding hydrogens is 520 g/mol. The summed E-state index contributed by atoms with van der Waals surface area (Å²) < 4.78 is 117. The average molecular weight is 553 g/mol. The van der Waals surface area contributed by atoms with Gasteiger partial charge in [-0.15, -0.1) is 13.2 Å². The Balaban J connectivity index is 1.71. The smallest absolute Gasteiger partial charge is 0.374 e. The third-order valence-corrected chi connectivity index (χ3v) is 7.78. The highest BCUT2D eigenvalue weighted by Gasteiger charge is 2.55. The Morgan fingerprint density at radius 1 is 0.892 bits per heavy atom. The van der Waals surface area contributed by atoms with Gasteiger partial charge in [0.05, 0.1) is 36.1 Å². The zero-order chi connectivity index (χ0) is 27.7. The fourth-order valence-electron chi connectivity index (χ4n) is 5.85. The van der Waals surface area contributed by atoms with Gasteiger partial charge < -0.3 is 15.8 Å². The molecule has 0 aromatic rings. The number of nitrogens with two attached hydrogens (primary N) is 1. The second-order valence-corrected chi connectivity index (χ2v) is 10.4. The molecule has 3 aliphatic rings. The van der Waals surface area contributed by atoms with E-state index in [1.54, 1.807) is 6.92 Å². The van der Waals surface area contributed by atoms with E-state index < -0.39 is 91.1 Å². The standard InChI is InChI=1S/C23H32F8N2O4/c1-10-8-12(37-23(29,30)31)3-6-16(10)36-17-7-4-14(22(26,27)28)19(25)18(17)21(35)33-11-2-5-15(24)13(9-11)20(32)34/h10-19H,2-9H2,1H3,(H2,32,34)(H,33,35). The van der Waals surface area contributed by atoms with Crippen LogP contribution in [0.2, 0.25) is 0 Å². The summed E-state index contributed by atoms with van der Waals surface area (Å²) in [5.74, 6) is -7.86. The fraction of sp³-hybridized carbons (Fsp3) is 0.913. The molecule has 0 radical (unpaired) electrons. The highest BCUT2D eigenvalue weighted by molar-refractivity contribution is 5.81. The molecule has 10 atom stereocenters. The van der Waals surface area contributed by atoms with Crippen LogP contribution < -0.4 is 11.1 Å². The molecule has 6 nitrogen and oxygen atoms in total. The number of carbonyl (C=O) groups is 2. The van der Waals surface area contributed by atoms with Crippen LogP contribution in [0.5, 0.6) is 0 Å². The zero-order valence-electron chi connectivity index (χ0n) is 20.2. The quantitative estimate of drug-likeness (QED) is 0.475. The predicted molar refractivity (Wildman–Crippen MR) is 113 cm³/mol. The van der Waals surface area contributed by atoms with E-state index in [2.05, 4.69) is 10.1 Å². The molecule has 0 aromatic carbocycles. The third kappa shape index (κ3) is 7.67. The molecule has 214 valence electrons. The van der Waals surface area contributed by atoms with Crippen molar-refractivity contribution in [1.29, 1.82) is 0 Å². The van der Waals surface area contributed by atoms with E-state index in [0.29, 0.717) is 0 Å². The molecule has 37 heavy (non-hydrogen) atoms. The number of rotatable bonds is 6. The SMILES string of the molecule is CC1CC(OC(F)(F)F)CCC1OC1CCC(C(F)(F)F)C(F)C1C(=O)NC1CCC(F)C(C(N)=O)C1. The van der Waals surface area contributed by atoms with Gasteiger partial charge in [0.25, 0.3) is 0 Å². The number of amides is 2. The second kappa shape index (κ2) is 11.6. The van der Waals surface area contributed by atoms with Crippen LogP contribution in [0.25, 0.3) is 0 Å². The number of hydrogen-bond acceptors (Lipinski definition) is 4. The summed E-state index contributed by atoms with van der Waals surface area (Å²) in [6, 6.07) is -0.787. The maximum absolute atomic E-state index is 15.3. The molecule has 3 rings (SSSR count).